The number of rotatable bonds is 10. The Morgan fingerprint density at radius 3 is 1.98 bits per heavy atom. The normalized spacial score (nSPS) is 19.8. The second-order valence-corrected chi connectivity index (χ2v) is 13.5. The van der Waals surface area contributed by atoms with Gasteiger partial charge in [-0.1, -0.05) is 0 Å². The summed E-state index contributed by atoms with van der Waals surface area (Å²) in [6.45, 7) is 1.73. The van der Waals surface area contributed by atoms with E-state index in [9.17, 15) is 14.7 Å². The summed E-state index contributed by atoms with van der Waals surface area (Å²) in [5, 5.41) is 11.7. The molecule has 0 spiro atoms. The summed E-state index contributed by atoms with van der Waals surface area (Å²) < 4.78 is 21.5. The first-order valence-corrected chi connectivity index (χ1v) is 16.5. The van der Waals surface area contributed by atoms with Gasteiger partial charge in [0.25, 0.3) is 0 Å². The van der Waals surface area contributed by atoms with Gasteiger partial charge in [0.2, 0.25) is 0 Å². The zero-order valence-corrected chi connectivity index (χ0v) is 26.6. The van der Waals surface area contributed by atoms with Gasteiger partial charge in [0, 0.05) is 0 Å². The summed E-state index contributed by atoms with van der Waals surface area (Å²) in [7, 11) is 1.64. The topological polar surface area (TPSA) is 103 Å². The average Bonchev–Trinajstić information content (AvgIpc) is 3.38. The number of hydrogen-bond donors (Lipinski definition) is 2. The second kappa shape index (κ2) is 13.4. The molecule has 0 bridgehead atoms. The van der Waals surface area contributed by atoms with Crippen molar-refractivity contribution in [2.75, 3.05) is 13.7 Å². The van der Waals surface area contributed by atoms with Crippen molar-refractivity contribution in [3.05, 3.63) is 165 Å². The maximum atomic E-state index is 12.9. The molecule has 6 rings (SSSR count). The molecule has 0 aliphatic carbocycles. The van der Waals surface area contributed by atoms with Crippen molar-refractivity contribution in [3.63, 3.8) is 0 Å². The van der Waals surface area contributed by atoms with Crippen molar-refractivity contribution >= 4 is 19.4 Å². The predicted octanol–water partition coefficient (Wildman–Crippen LogP) is 3.94. The van der Waals surface area contributed by atoms with Gasteiger partial charge in [-0.25, -0.2) is 0 Å². The van der Waals surface area contributed by atoms with Crippen molar-refractivity contribution in [1.82, 2.24) is 9.55 Å². The summed E-state index contributed by atoms with van der Waals surface area (Å²) in [5.41, 5.74) is 0.960. The standard InChI is InChI=1S/C36H34N2O6Se/c1-24-22-38(35(41)37-33(24)40)34-31(39)32(45-29-16-10-5-11-17-29)30(44-34)23-43-36(25-12-6-3-7-13-25,26-14-8-4-9-15-26)27-18-20-28(42-2)21-19-27/h3-22,30-32,34,39H,23H2,1-2H3,(H,37,40,41)/t30-,31+,32-,34-/m1/s1. The number of aliphatic hydroxyl groups is 1. The van der Waals surface area contributed by atoms with Crippen molar-refractivity contribution < 1.29 is 19.3 Å². The molecule has 1 saturated heterocycles. The van der Waals surface area contributed by atoms with Gasteiger partial charge in [0.15, 0.2) is 0 Å². The van der Waals surface area contributed by atoms with Crippen LogP contribution in [0.15, 0.2) is 131 Å². The van der Waals surface area contributed by atoms with Crippen LogP contribution >= 0.6 is 0 Å². The summed E-state index contributed by atoms with van der Waals surface area (Å²) >= 11 is -0.230. The Hall–Kier alpha value is -4.24. The first-order chi connectivity index (χ1) is 21.9. The number of nitrogens with zero attached hydrogens (tertiary/aromatic N) is 1. The van der Waals surface area contributed by atoms with Gasteiger partial charge < -0.3 is 0 Å². The number of methoxy groups -OCH3 is 1. The number of aromatic amines is 1. The van der Waals surface area contributed by atoms with E-state index in [-0.39, 0.29) is 26.4 Å². The molecule has 0 saturated carbocycles. The van der Waals surface area contributed by atoms with E-state index in [4.69, 9.17) is 14.2 Å². The van der Waals surface area contributed by atoms with Gasteiger partial charge in [-0.3, -0.25) is 0 Å². The van der Waals surface area contributed by atoms with Crippen molar-refractivity contribution in [1.29, 1.82) is 0 Å². The first-order valence-electron chi connectivity index (χ1n) is 14.7. The van der Waals surface area contributed by atoms with Crippen molar-refractivity contribution in [2.45, 2.75) is 35.8 Å². The van der Waals surface area contributed by atoms with E-state index in [1.54, 1.807) is 14.0 Å². The van der Waals surface area contributed by atoms with Crippen LogP contribution in [-0.2, 0) is 15.1 Å². The van der Waals surface area contributed by atoms with Gasteiger partial charge in [-0.05, 0) is 0 Å². The van der Waals surface area contributed by atoms with E-state index in [0.717, 1.165) is 26.9 Å². The minimum atomic E-state index is -1.03. The number of benzene rings is 4. The molecular formula is C36H34N2O6Se. The molecule has 0 radical (unpaired) electrons. The molecule has 2 N–H and O–H groups in total. The number of aliphatic hydroxyl groups excluding tert-OH is 1. The number of hydrogen-bond acceptors (Lipinski definition) is 6. The fourth-order valence-corrected chi connectivity index (χ4v) is 8.30. The van der Waals surface area contributed by atoms with Gasteiger partial charge >= 0.3 is 268 Å². The summed E-state index contributed by atoms with van der Waals surface area (Å²) in [5.74, 6) is 0.728. The van der Waals surface area contributed by atoms with Gasteiger partial charge in [0.1, 0.15) is 0 Å². The van der Waals surface area contributed by atoms with Gasteiger partial charge in [-0.2, -0.15) is 0 Å². The van der Waals surface area contributed by atoms with Crippen LogP contribution in [-0.4, -0.2) is 55.5 Å². The number of aryl methyl sites for hydroxylation is 1. The van der Waals surface area contributed by atoms with Crippen molar-refractivity contribution in [2.24, 2.45) is 0 Å². The number of H-pyrrole nitrogens is 1. The minimum absolute atomic E-state index is 0.111. The van der Waals surface area contributed by atoms with E-state index >= 15 is 0 Å². The Balaban J connectivity index is 1.43. The molecule has 4 atom stereocenters. The third-order valence-corrected chi connectivity index (χ3v) is 11.0. The molecule has 1 aliphatic rings. The molecule has 9 heteroatoms. The zero-order chi connectivity index (χ0) is 31.4. The molecule has 1 aromatic heterocycles. The number of nitrogens with one attached hydrogen (secondary N) is 1. The molecule has 45 heavy (non-hydrogen) atoms. The number of aromatic nitrogens is 2. The van der Waals surface area contributed by atoms with Gasteiger partial charge in [-0.15, -0.1) is 0 Å². The molecular weight excluding hydrogens is 635 g/mol. The molecule has 2 heterocycles. The fourth-order valence-electron chi connectivity index (χ4n) is 5.79. The van der Waals surface area contributed by atoms with Crippen LogP contribution in [0.25, 0.3) is 0 Å². The SMILES string of the molecule is COc1ccc(C(OC[C@H]2O[C@@H](n3cc(C)c(=O)[nH]c3=O)[C@@H](O)[C@@H]2[Se]c2ccccc2)(c2ccccc2)c2ccccc2)cc1. The van der Waals surface area contributed by atoms with Gasteiger partial charge in [0.05, 0.1) is 0 Å². The molecule has 0 unspecified atom stereocenters. The quantitative estimate of drug-likeness (QED) is 0.173. The molecule has 1 aliphatic heterocycles. The Kier molecular flexibility index (Phi) is 9.16. The second-order valence-electron chi connectivity index (χ2n) is 10.9. The van der Waals surface area contributed by atoms with E-state index < -0.39 is 35.3 Å². The van der Waals surface area contributed by atoms with Crippen LogP contribution in [0, 0.1) is 6.92 Å². The Morgan fingerprint density at radius 2 is 1.40 bits per heavy atom. The molecule has 5 aromatic rings. The molecule has 0 amide bonds. The Morgan fingerprint density at radius 1 is 0.844 bits per heavy atom. The third kappa shape index (κ3) is 6.18. The van der Waals surface area contributed by atoms with Crippen LogP contribution in [0.3, 0.4) is 0 Å². The molecule has 1 fully saturated rings. The van der Waals surface area contributed by atoms with E-state index in [2.05, 4.69) is 4.98 Å². The van der Waals surface area contributed by atoms with Crippen LogP contribution in [0.4, 0.5) is 0 Å². The average molecular weight is 670 g/mol. The zero-order valence-electron chi connectivity index (χ0n) is 24.9. The monoisotopic (exact) mass is 670 g/mol. The summed E-state index contributed by atoms with van der Waals surface area (Å²) in [6, 6.07) is 37.8. The summed E-state index contributed by atoms with van der Waals surface area (Å²) in [6.07, 6.45) is -1.15. The fraction of sp³-hybridized carbons (Fsp3) is 0.222. The molecule has 4 aromatic carbocycles. The first kappa shape index (κ1) is 30.8. The van der Waals surface area contributed by atoms with E-state index in [0.29, 0.717) is 5.56 Å². The van der Waals surface area contributed by atoms with Crippen LogP contribution < -0.4 is 20.4 Å². The van der Waals surface area contributed by atoms with Crippen molar-refractivity contribution in [3.8, 4) is 5.75 Å². The summed E-state index contributed by atoms with van der Waals surface area (Å²) in [4.78, 5) is 27.0. The third-order valence-electron chi connectivity index (χ3n) is 8.07. The maximum absolute atomic E-state index is 12.9. The van der Waals surface area contributed by atoms with E-state index in [1.165, 1.54) is 10.8 Å². The van der Waals surface area contributed by atoms with E-state index in [1.807, 2.05) is 115 Å². The van der Waals surface area contributed by atoms with Crippen LogP contribution in [0.2, 0.25) is 4.82 Å². The Labute approximate surface area is 267 Å². The Bertz CT molecular complexity index is 1790. The van der Waals surface area contributed by atoms with Crippen LogP contribution in [0.1, 0.15) is 28.5 Å². The predicted molar refractivity (Wildman–Crippen MR) is 173 cm³/mol. The molecule has 230 valence electrons. The molecule has 8 nitrogen and oxygen atoms in total. The van der Waals surface area contributed by atoms with Crippen LogP contribution in [0.5, 0.6) is 5.75 Å². The number of ether oxygens (including phenoxy) is 3.